The number of rotatable bonds is 3. The van der Waals surface area contributed by atoms with Gasteiger partial charge in [-0.1, -0.05) is 18.5 Å². The van der Waals surface area contributed by atoms with Gasteiger partial charge < -0.3 is 10.0 Å². The molecule has 0 saturated carbocycles. The first-order valence-electron chi connectivity index (χ1n) is 5.81. The summed E-state index contributed by atoms with van der Waals surface area (Å²) in [5, 5.41) is 9.34. The number of aryl methyl sites for hydroxylation is 1. The van der Waals surface area contributed by atoms with Gasteiger partial charge in [0.1, 0.15) is 11.2 Å². The summed E-state index contributed by atoms with van der Waals surface area (Å²) in [5.41, 5.74) is 1.11. The number of carbonyl (C=O) groups excluding carboxylic acids is 1. The first-order valence-corrected chi connectivity index (χ1v) is 7.34. The van der Waals surface area contributed by atoms with Crippen LogP contribution in [0.5, 0.6) is 0 Å². The molecule has 1 aliphatic heterocycles. The van der Waals surface area contributed by atoms with Crippen molar-refractivity contribution in [2.24, 2.45) is 0 Å². The summed E-state index contributed by atoms with van der Waals surface area (Å²) in [5.74, 6) is -0.483. The van der Waals surface area contributed by atoms with Gasteiger partial charge in [0.15, 0.2) is 0 Å². The molecule has 1 saturated heterocycles. The van der Waals surface area contributed by atoms with Crippen molar-refractivity contribution >= 4 is 35.2 Å². The molecule has 1 atom stereocenters. The smallest absolute Gasteiger partial charge is 0.327 e. The van der Waals surface area contributed by atoms with E-state index in [1.165, 1.54) is 22.7 Å². The second-order valence-electron chi connectivity index (χ2n) is 4.15. The summed E-state index contributed by atoms with van der Waals surface area (Å²) in [6, 6.07) is 2.37. The number of aromatic nitrogens is 1. The van der Waals surface area contributed by atoms with Crippen molar-refractivity contribution in [1.82, 2.24) is 9.88 Å². The molecule has 19 heavy (non-hydrogen) atoms. The number of nitrogens with zero attached hydrogens (tertiary/aromatic N) is 2. The second kappa shape index (κ2) is 5.79. The number of hydrogen-bond donors (Lipinski definition) is 1. The number of hydrogen-bond acceptors (Lipinski definition) is 4. The van der Waals surface area contributed by atoms with Crippen molar-refractivity contribution < 1.29 is 14.7 Å². The highest BCUT2D eigenvalue weighted by Crippen LogP contribution is 2.24. The molecule has 2 rings (SSSR count). The number of thioether (sulfide) groups is 1. The maximum atomic E-state index is 12.3. The van der Waals surface area contributed by atoms with Gasteiger partial charge in [-0.3, -0.25) is 4.79 Å². The van der Waals surface area contributed by atoms with Crippen molar-refractivity contribution in [2.45, 2.75) is 19.4 Å². The van der Waals surface area contributed by atoms with E-state index in [2.05, 4.69) is 4.98 Å². The fraction of sp³-hybridized carbons (Fsp3) is 0.417. The minimum Gasteiger partial charge on any atom is -0.480 e. The highest BCUT2D eigenvalue weighted by Gasteiger charge is 2.35. The Morgan fingerprint density at radius 2 is 2.32 bits per heavy atom. The molecule has 0 aliphatic carbocycles. The van der Waals surface area contributed by atoms with Crippen LogP contribution in [-0.4, -0.2) is 44.5 Å². The van der Waals surface area contributed by atoms with E-state index in [1.54, 1.807) is 6.07 Å². The van der Waals surface area contributed by atoms with Crippen LogP contribution in [0.15, 0.2) is 12.1 Å². The van der Waals surface area contributed by atoms with E-state index in [4.69, 9.17) is 16.7 Å². The molecular weight excluding hydrogens is 288 g/mol. The highest BCUT2D eigenvalue weighted by atomic mass is 35.5. The number of carboxylic acids is 1. The van der Waals surface area contributed by atoms with Crippen molar-refractivity contribution in [3.8, 4) is 0 Å². The normalized spacial score (nSPS) is 18.6. The monoisotopic (exact) mass is 300 g/mol. The van der Waals surface area contributed by atoms with Gasteiger partial charge >= 0.3 is 5.97 Å². The van der Waals surface area contributed by atoms with Crippen LogP contribution in [0.25, 0.3) is 0 Å². The van der Waals surface area contributed by atoms with Gasteiger partial charge in [-0.05, 0) is 18.6 Å². The molecule has 1 aromatic rings. The Balaban J connectivity index is 2.28. The molecule has 1 amide bonds. The molecule has 0 bridgehead atoms. The Hall–Kier alpha value is -1.27. The zero-order valence-electron chi connectivity index (χ0n) is 10.3. The van der Waals surface area contributed by atoms with Crippen LogP contribution in [-0.2, 0) is 11.2 Å². The minimum atomic E-state index is -0.978. The van der Waals surface area contributed by atoms with Crippen LogP contribution >= 0.6 is 23.4 Å². The average molecular weight is 301 g/mol. The predicted octanol–water partition coefficient (Wildman–Crippen LogP) is 1.90. The molecule has 1 fully saturated rings. The van der Waals surface area contributed by atoms with Gasteiger partial charge in [0.05, 0.1) is 5.88 Å². The summed E-state index contributed by atoms with van der Waals surface area (Å²) in [7, 11) is 0. The van der Waals surface area contributed by atoms with Crippen LogP contribution in [0.2, 0.25) is 5.15 Å². The zero-order valence-corrected chi connectivity index (χ0v) is 11.9. The van der Waals surface area contributed by atoms with E-state index in [0.29, 0.717) is 23.6 Å². The van der Waals surface area contributed by atoms with Crippen LogP contribution in [0.4, 0.5) is 0 Å². The quantitative estimate of drug-likeness (QED) is 0.863. The number of aliphatic carboxylic acids is 1. The first-order chi connectivity index (χ1) is 9.02. The topological polar surface area (TPSA) is 70.5 Å². The summed E-state index contributed by atoms with van der Waals surface area (Å²) in [6.07, 6.45) is 0.665. The Morgan fingerprint density at radius 1 is 1.58 bits per heavy atom. The zero-order chi connectivity index (χ0) is 14.0. The lowest BCUT2D eigenvalue weighted by atomic mass is 10.1. The fourth-order valence-corrected chi connectivity index (χ4v) is 3.24. The van der Waals surface area contributed by atoms with Crippen LogP contribution < -0.4 is 0 Å². The van der Waals surface area contributed by atoms with Gasteiger partial charge in [-0.2, -0.15) is 0 Å². The Morgan fingerprint density at radius 3 is 2.95 bits per heavy atom. The lowest BCUT2D eigenvalue weighted by Gasteiger charge is -2.20. The van der Waals surface area contributed by atoms with E-state index in [0.717, 1.165) is 5.69 Å². The molecule has 2 heterocycles. The van der Waals surface area contributed by atoms with Crippen molar-refractivity contribution in [1.29, 1.82) is 0 Å². The molecule has 0 radical (unpaired) electrons. The van der Waals surface area contributed by atoms with Crippen LogP contribution in [0.1, 0.15) is 23.0 Å². The predicted molar refractivity (Wildman–Crippen MR) is 73.5 cm³/mol. The largest absolute Gasteiger partial charge is 0.480 e. The third-order valence-electron chi connectivity index (χ3n) is 2.88. The standard InChI is InChI=1S/C12H13ClN2O3S/c1-2-8-3-7(4-10(13)14-8)11(16)15-6-19-5-9(15)12(17)18/h3-4,9H,2,5-6H2,1H3,(H,17,18)/t9-/m0/s1. The summed E-state index contributed by atoms with van der Waals surface area (Å²) in [6.45, 7) is 1.92. The highest BCUT2D eigenvalue weighted by molar-refractivity contribution is 7.99. The van der Waals surface area contributed by atoms with Crippen LogP contribution in [0, 0.1) is 0 Å². The minimum absolute atomic E-state index is 0.251. The maximum absolute atomic E-state index is 12.3. The SMILES string of the molecule is CCc1cc(C(=O)N2CSC[C@H]2C(=O)O)cc(Cl)n1. The van der Waals surface area contributed by atoms with Gasteiger partial charge in [-0.15, -0.1) is 11.8 Å². The molecule has 5 nitrogen and oxygen atoms in total. The molecule has 0 aromatic carbocycles. The number of pyridine rings is 1. The van der Waals surface area contributed by atoms with E-state index in [-0.39, 0.29) is 11.1 Å². The summed E-state index contributed by atoms with van der Waals surface area (Å²) < 4.78 is 0. The first kappa shape index (κ1) is 14.1. The van der Waals surface area contributed by atoms with E-state index >= 15 is 0 Å². The number of halogens is 1. The molecule has 1 aliphatic rings. The Bertz CT molecular complexity index is 524. The maximum Gasteiger partial charge on any atom is 0.327 e. The van der Waals surface area contributed by atoms with Gasteiger partial charge in [0, 0.05) is 17.0 Å². The third kappa shape index (κ3) is 3.01. The number of carbonyl (C=O) groups is 2. The third-order valence-corrected chi connectivity index (χ3v) is 4.09. The Labute approximate surface area is 120 Å². The summed E-state index contributed by atoms with van der Waals surface area (Å²) in [4.78, 5) is 28.9. The van der Waals surface area contributed by atoms with E-state index in [1.807, 2.05) is 6.92 Å². The molecule has 0 spiro atoms. The van der Waals surface area contributed by atoms with E-state index in [9.17, 15) is 9.59 Å². The number of amides is 1. The average Bonchev–Trinajstić information content (AvgIpc) is 2.86. The lowest BCUT2D eigenvalue weighted by Crippen LogP contribution is -2.41. The summed E-state index contributed by atoms with van der Waals surface area (Å²) >= 11 is 7.31. The van der Waals surface area contributed by atoms with Gasteiger partial charge in [0.25, 0.3) is 5.91 Å². The molecule has 7 heteroatoms. The van der Waals surface area contributed by atoms with Crippen molar-refractivity contribution in [3.63, 3.8) is 0 Å². The Kier molecular flexibility index (Phi) is 4.31. The molecule has 0 unspecified atom stereocenters. The van der Waals surface area contributed by atoms with Gasteiger partial charge in [-0.25, -0.2) is 9.78 Å². The lowest BCUT2D eigenvalue weighted by molar-refractivity contribution is -0.140. The van der Waals surface area contributed by atoms with Crippen LogP contribution in [0.3, 0.4) is 0 Å². The second-order valence-corrected chi connectivity index (χ2v) is 5.54. The van der Waals surface area contributed by atoms with Crippen molar-refractivity contribution in [2.75, 3.05) is 11.6 Å². The molecule has 1 N–H and O–H groups in total. The molecular formula is C12H13ClN2O3S. The number of carboxylic acid groups (broad SMARTS) is 1. The van der Waals surface area contributed by atoms with Crippen molar-refractivity contribution in [3.05, 3.63) is 28.5 Å². The molecule has 102 valence electrons. The fourth-order valence-electron chi connectivity index (χ4n) is 1.87. The molecule has 1 aromatic heterocycles. The van der Waals surface area contributed by atoms with E-state index < -0.39 is 12.0 Å². The van der Waals surface area contributed by atoms with Gasteiger partial charge in [0.2, 0.25) is 0 Å².